The Morgan fingerprint density at radius 3 is 2.04 bits per heavy atom. The van der Waals surface area contributed by atoms with E-state index in [9.17, 15) is 0 Å². The predicted molar refractivity (Wildman–Crippen MR) is 107 cm³/mol. The highest BCUT2D eigenvalue weighted by molar-refractivity contribution is 5.80. The van der Waals surface area contributed by atoms with Gasteiger partial charge in [0.15, 0.2) is 0 Å². The van der Waals surface area contributed by atoms with Crippen LogP contribution in [0.3, 0.4) is 0 Å². The van der Waals surface area contributed by atoms with Gasteiger partial charge in [-0.05, 0) is 41.3 Å². The third kappa shape index (κ3) is 4.59. The summed E-state index contributed by atoms with van der Waals surface area (Å²) in [5, 5.41) is 3.58. The average molecular weight is 328 g/mol. The van der Waals surface area contributed by atoms with Crippen LogP contribution >= 0.6 is 0 Å². The Bertz CT molecular complexity index is 806. The fourth-order valence-electron chi connectivity index (χ4n) is 2.88. The summed E-state index contributed by atoms with van der Waals surface area (Å²) in [5.41, 5.74) is 11.5. The van der Waals surface area contributed by atoms with E-state index in [0.717, 1.165) is 12.2 Å². The van der Waals surface area contributed by atoms with E-state index in [1.807, 2.05) is 24.3 Å². The highest BCUT2D eigenvalue weighted by Crippen LogP contribution is 2.24. The van der Waals surface area contributed by atoms with Gasteiger partial charge in [-0.15, -0.1) is 0 Å². The van der Waals surface area contributed by atoms with Gasteiger partial charge in [0.25, 0.3) is 0 Å². The molecule has 0 saturated heterocycles. The molecule has 2 nitrogen and oxygen atoms in total. The first-order chi connectivity index (χ1) is 12.2. The summed E-state index contributed by atoms with van der Waals surface area (Å²) in [5.74, 6) is 0. The molecule has 3 aromatic carbocycles. The predicted octanol–water partition coefficient (Wildman–Crippen LogP) is 5.05. The Hall–Kier alpha value is -2.84. The van der Waals surface area contributed by atoms with Gasteiger partial charge >= 0.3 is 0 Å². The molecule has 0 aliphatic carbocycles. The van der Waals surface area contributed by atoms with E-state index in [2.05, 4.69) is 79.0 Å². The van der Waals surface area contributed by atoms with Gasteiger partial charge in [-0.1, -0.05) is 78.9 Å². The summed E-state index contributed by atoms with van der Waals surface area (Å²) in [7, 11) is 0. The standard InChI is InChI=1S/C23H24N2/c1-18(19-8-4-2-5-9-19)25-17-16-23(20-10-6-3-7-11-20)21-12-14-22(24)15-13-21/h2-16,18,25H,17,24H2,1H3/t18-/m1/s1. The normalized spacial score (nSPS) is 12.8. The van der Waals surface area contributed by atoms with Crippen molar-refractivity contribution in [3.8, 4) is 0 Å². The van der Waals surface area contributed by atoms with Crippen LogP contribution in [0, 0.1) is 0 Å². The lowest BCUT2D eigenvalue weighted by Gasteiger charge is -2.14. The Morgan fingerprint density at radius 2 is 1.40 bits per heavy atom. The second-order valence-electron chi connectivity index (χ2n) is 6.15. The van der Waals surface area contributed by atoms with Gasteiger partial charge in [-0.25, -0.2) is 0 Å². The summed E-state index contributed by atoms with van der Waals surface area (Å²) in [4.78, 5) is 0. The third-order valence-electron chi connectivity index (χ3n) is 4.34. The number of hydrogen-bond acceptors (Lipinski definition) is 2. The zero-order valence-corrected chi connectivity index (χ0v) is 14.5. The Labute approximate surface area is 150 Å². The molecule has 0 fully saturated rings. The summed E-state index contributed by atoms with van der Waals surface area (Å²) in [6.07, 6.45) is 2.25. The minimum absolute atomic E-state index is 0.306. The van der Waals surface area contributed by atoms with Crippen molar-refractivity contribution < 1.29 is 0 Å². The number of benzene rings is 3. The molecule has 0 aromatic heterocycles. The van der Waals surface area contributed by atoms with Crippen LogP contribution in [0.25, 0.3) is 5.57 Å². The van der Waals surface area contributed by atoms with Crippen molar-refractivity contribution in [3.05, 3.63) is 108 Å². The maximum Gasteiger partial charge on any atom is 0.0314 e. The SMILES string of the molecule is C[C@@H](NCC=C(c1ccccc1)c1ccc(N)cc1)c1ccccc1. The van der Waals surface area contributed by atoms with Gasteiger partial charge in [-0.3, -0.25) is 0 Å². The summed E-state index contributed by atoms with van der Waals surface area (Å²) < 4.78 is 0. The molecule has 1 atom stereocenters. The van der Waals surface area contributed by atoms with E-state index >= 15 is 0 Å². The Balaban J connectivity index is 1.79. The molecule has 25 heavy (non-hydrogen) atoms. The molecule has 0 aliphatic rings. The van der Waals surface area contributed by atoms with Crippen molar-refractivity contribution in [2.24, 2.45) is 0 Å². The fourth-order valence-corrected chi connectivity index (χ4v) is 2.88. The van der Waals surface area contributed by atoms with E-state index in [1.54, 1.807) is 0 Å². The average Bonchev–Trinajstić information content (AvgIpc) is 2.67. The van der Waals surface area contributed by atoms with E-state index in [-0.39, 0.29) is 0 Å². The molecular formula is C23H24N2. The molecular weight excluding hydrogens is 304 g/mol. The lowest BCUT2D eigenvalue weighted by atomic mass is 9.97. The van der Waals surface area contributed by atoms with Crippen LogP contribution in [0.15, 0.2) is 91.0 Å². The molecule has 0 amide bonds. The van der Waals surface area contributed by atoms with Crippen LogP contribution in [0.5, 0.6) is 0 Å². The number of nitrogens with two attached hydrogens (primary N) is 1. The fraction of sp³-hybridized carbons (Fsp3) is 0.130. The van der Waals surface area contributed by atoms with Crippen molar-refractivity contribution in [3.63, 3.8) is 0 Å². The van der Waals surface area contributed by atoms with E-state index in [4.69, 9.17) is 5.73 Å². The highest BCUT2D eigenvalue weighted by atomic mass is 14.9. The van der Waals surface area contributed by atoms with Gasteiger partial charge in [0.05, 0.1) is 0 Å². The topological polar surface area (TPSA) is 38.0 Å². The maximum absolute atomic E-state index is 5.84. The van der Waals surface area contributed by atoms with Crippen molar-refractivity contribution in [2.45, 2.75) is 13.0 Å². The minimum atomic E-state index is 0.306. The molecule has 3 aromatic rings. The smallest absolute Gasteiger partial charge is 0.0314 e. The van der Waals surface area contributed by atoms with Crippen LogP contribution in [0.1, 0.15) is 29.7 Å². The number of hydrogen-bond donors (Lipinski definition) is 2. The van der Waals surface area contributed by atoms with Crippen LogP contribution in [0.4, 0.5) is 5.69 Å². The highest BCUT2D eigenvalue weighted by Gasteiger charge is 2.06. The molecule has 0 radical (unpaired) electrons. The van der Waals surface area contributed by atoms with Crippen LogP contribution in [-0.4, -0.2) is 6.54 Å². The van der Waals surface area contributed by atoms with E-state index in [1.165, 1.54) is 22.3 Å². The molecule has 0 saturated carbocycles. The van der Waals surface area contributed by atoms with E-state index in [0.29, 0.717) is 6.04 Å². The molecule has 126 valence electrons. The molecule has 0 spiro atoms. The molecule has 3 N–H and O–H groups in total. The quantitative estimate of drug-likeness (QED) is 0.621. The molecule has 0 aliphatic heterocycles. The van der Waals surface area contributed by atoms with Gasteiger partial charge in [-0.2, -0.15) is 0 Å². The first kappa shape index (κ1) is 17.0. The zero-order valence-electron chi connectivity index (χ0n) is 14.5. The summed E-state index contributed by atoms with van der Waals surface area (Å²) >= 11 is 0. The minimum Gasteiger partial charge on any atom is -0.399 e. The lowest BCUT2D eigenvalue weighted by molar-refractivity contribution is 0.618. The monoisotopic (exact) mass is 328 g/mol. The van der Waals surface area contributed by atoms with Crippen molar-refractivity contribution in [1.29, 1.82) is 0 Å². The zero-order chi connectivity index (χ0) is 17.5. The second-order valence-corrected chi connectivity index (χ2v) is 6.15. The molecule has 3 rings (SSSR count). The molecule has 0 bridgehead atoms. The van der Waals surface area contributed by atoms with Crippen LogP contribution in [-0.2, 0) is 0 Å². The van der Waals surface area contributed by atoms with Gasteiger partial charge < -0.3 is 11.1 Å². The number of nitrogens with one attached hydrogen (secondary N) is 1. The van der Waals surface area contributed by atoms with Crippen LogP contribution < -0.4 is 11.1 Å². The van der Waals surface area contributed by atoms with Gasteiger partial charge in [0, 0.05) is 18.3 Å². The summed E-state index contributed by atoms with van der Waals surface area (Å²) in [6, 6.07) is 29.3. The number of nitrogen functional groups attached to an aromatic ring is 1. The van der Waals surface area contributed by atoms with Crippen LogP contribution in [0.2, 0.25) is 0 Å². The number of anilines is 1. The lowest BCUT2D eigenvalue weighted by Crippen LogP contribution is -2.18. The van der Waals surface area contributed by atoms with Gasteiger partial charge in [0.1, 0.15) is 0 Å². The largest absolute Gasteiger partial charge is 0.399 e. The molecule has 0 heterocycles. The first-order valence-corrected chi connectivity index (χ1v) is 8.64. The second kappa shape index (κ2) is 8.32. The van der Waals surface area contributed by atoms with Crippen molar-refractivity contribution in [2.75, 3.05) is 12.3 Å². The summed E-state index contributed by atoms with van der Waals surface area (Å²) in [6.45, 7) is 2.99. The Kier molecular flexibility index (Phi) is 5.65. The number of rotatable bonds is 6. The van der Waals surface area contributed by atoms with Crippen molar-refractivity contribution >= 4 is 11.3 Å². The van der Waals surface area contributed by atoms with Gasteiger partial charge in [0.2, 0.25) is 0 Å². The van der Waals surface area contributed by atoms with E-state index < -0.39 is 0 Å². The maximum atomic E-state index is 5.84. The molecule has 2 heteroatoms. The van der Waals surface area contributed by atoms with Crippen molar-refractivity contribution in [1.82, 2.24) is 5.32 Å². The third-order valence-corrected chi connectivity index (χ3v) is 4.34. The first-order valence-electron chi connectivity index (χ1n) is 8.64. The molecule has 0 unspecified atom stereocenters. The Morgan fingerprint density at radius 1 is 0.840 bits per heavy atom.